The van der Waals surface area contributed by atoms with Crippen molar-refractivity contribution in [3.63, 3.8) is 0 Å². The van der Waals surface area contributed by atoms with E-state index in [0.717, 1.165) is 24.7 Å². The van der Waals surface area contributed by atoms with Gasteiger partial charge in [-0.05, 0) is 112 Å². The van der Waals surface area contributed by atoms with Crippen molar-refractivity contribution in [2.24, 2.45) is 46.3 Å². The quantitative estimate of drug-likeness (QED) is 0.581. The van der Waals surface area contributed by atoms with Gasteiger partial charge in [0.2, 0.25) is 5.91 Å². The van der Waals surface area contributed by atoms with Crippen LogP contribution in [-0.2, 0) is 4.79 Å². The van der Waals surface area contributed by atoms with Gasteiger partial charge in [-0.3, -0.25) is 4.79 Å². The van der Waals surface area contributed by atoms with Crippen LogP contribution in [0.4, 0.5) is 0 Å². The molecular weight excluding hydrogens is 370 g/mol. The molecule has 0 unspecified atom stereocenters. The summed E-state index contributed by atoms with van der Waals surface area (Å²) in [4.78, 5) is 12.2. The second-order valence-electron chi connectivity index (χ2n) is 12.5. The first-order valence-electron chi connectivity index (χ1n) is 13.1. The van der Waals surface area contributed by atoms with Crippen LogP contribution in [0.15, 0.2) is 0 Å². The van der Waals surface area contributed by atoms with Crippen molar-refractivity contribution < 1.29 is 9.90 Å². The molecule has 0 radical (unpaired) electrons. The molecule has 4 aliphatic rings. The third-order valence-corrected chi connectivity index (χ3v) is 10.6. The molecule has 0 spiro atoms. The van der Waals surface area contributed by atoms with E-state index >= 15 is 0 Å². The molecule has 4 fully saturated rings. The van der Waals surface area contributed by atoms with E-state index in [9.17, 15) is 9.90 Å². The predicted molar refractivity (Wildman–Crippen MR) is 123 cm³/mol. The highest BCUT2D eigenvalue weighted by Gasteiger charge is 2.62. The van der Waals surface area contributed by atoms with Gasteiger partial charge in [-0.2, -0.15) is 0 Å². The largest absolute Gasteiger partial charge is 0.393 e. The molecule has 0 saturated heterocycles. The fourth-order valence-corrected chi connectivity index (χ4v) is 9.18. The molecule has 172 valence electrons. The fourth-order valence-electron chi connectivity index (χ4n) is 9.18. The Morgan fingerprint density at radius 1 is 1.00 bits per heavy atom. The Morgan fingerprint density at radius 3 is 2.47 bits per heavy atom. The molecule has 30 heavy (non-hydrogen) atoms. The van der Waals surface area contributed by atoms with Crippen LogP contribution < -0.4 is 5.32 Å². The van der Waals surface area contributed by atoms with Gasteiger partial charge in [-0.25, -0.2) is 0 Å². The van der Waals surface area contributed by atoms with Gasteiger partial charge < -0.3 is 10.4 Å². The highest BCUT2D eigenvalue weighted by Crippen LogP contribution is 2.68. The Hall–Kier alpha value is -0.570. The molecular formula is C27H47NO2. The Labute approximate surface area is 185 Å². The van der Waals surface area contributed by atoms with Crippen LogP contribution in [0.5, 0.6) is 0 Å². The van der Waals surface area contributed by atoms with E-state index in [4.69, 9.17) is 0 Å². The lowest BCUT2D eigenvalue weighted by atomic mass is 9.44. The summed E-state index contributed by atoms with van der Waals surface area (Å²) < 4.78 is 0. The highest BCUT2D eigenvalue weighted by atomic mass is 16.3. The molecule has 1 amide bonds. The van der Waals surface area contributed by atoms with E-state index in [1.807, 2.05) is 13.8 Å². The minimum Gasteiger partial charge on any atom is -0.393 e. The molecule has 0 heterocycles. The molecule has 0 aromatic carbocycles. The number of aliphatic hydroxyl groups excluding tert-OH is 1. The maximum atomic E-state index is 12.2. The summed E-state index contributed by atoms with van der Waals surface area (Å²) in [5.74, 6) is 4.19. The van der Waals surface area contributed by atoms with Crippen LogP contribution in [0.1, 0.15) is 105 Å². The van der Waals surface area contributed by atoms with E-state index < -0.39 is 0 Å². The molecule has 0 aliphatic heterocycles. The maximum Gasteiger partial charge on any atom is 0.220 e. The number of aliphatic hydroxyl groups is 1. The van der Waals surface area contributed by atoms with Crippen molar-refractivity contribution in [2.45, 2.75) is 117 Å². The van der Waals surface area contributed by atoms with Gasteiger partial charge in [-0.15, -0.1) is 0 Å². The zero-order valence-electron chi connectivity index (χ0n) is 20.3. The number of hydrogen-bond donors (Lipinski definition) is 2. The van der Waals surface area contributed by atoms with Crippen LogP contribution in [0.3, 0.4) is 0 Å². The van der Waals surface area contributed by atoms with Crippen LogP contribution in [-0.4, -0.2) is 23.2 Å². The molecule has 4 rings (SSSR count). The molecule has 0 bridgehead atoms. The Morgan fingerprint density at radius 2 is 1.73 bits per heavy atom. The number of carbonyl (C=O) groups is 1. The van der Waals surface area contributed by atoms with Crippen molar-refractivity contribution in [3.05, 3.63) is 0 Å². The van der Waals surface area contributed by atoms with Gasteiger partial charge >= 0.3 is 0 Å². The van der Waals surface area contributed by atoms with E-state index in [-0.39, 0.29) is 18.1 Å². The van der Waals surface area contributed by atoms with Crippen molar-refractivity contribution in [2.75, 3.05) is 0 Å². The summed E-state index contributed by atoms with van der Waals surface area (Å²) in [6.07, 6.45) is 13.4. The lowest BCUT2D eigenvalue weighted by Crippen LogP contribution is -2.57. The third kappa shape index (κ3) is 3.76. The standard InChI is InChI=1S/C27H47NO2/c1-17(2)28-24(30)12-9-18(3)20-10-11-21-25-22(13-15-27(20,21)5)26(4)14-7-6-8-19(26)16-23(25)29/h17-23,25,29H,6-16H2,1-5H3,(H,28,30)/t18-,19+,20-,21+,22+,23+,25+,26+,27-/m0/s1. The number of nitrogens with one attached hydrogen (secondary N) is 1. The number of amides is 1. The number of carbonyl (C=O) groups excluding carboxylic acids is 1. The number of hydrogen-bond acceptors (Lipinski definition) is 2. The molecule has 0 aromatic rings. The zero-order chi connectivity index (χ0) is 21.7. The first-order chi connectivity index (χ1) is 14.2. The average Bonchev–Trinajstić information content (AvgIpc) is 3.03. The Kier molecular flexibility index (Phi) is 6.34. The maximum absolute atomic E-state index is 12.2. The van der Waals surface area contributed by atoms with Crippen LogP contribution in [0, 0.1) is 46.3 Å². The zero-order valence-corrected chi connectivity index (χ0v) is 20.3. The lowest BCUT2D eigenvalue weighted by molar-refractivity contribution is -0.164. The number of rotatable bonds is 5. The number of fused-ring (bicyclic) bond motifs is 5. The smallest absolute Gasteiger partial charge is 0.220 e. The van der Waals surface area contributed by atoms with E-state index in [1.54, 1.807) is 0 Å². The van der Waals surface area contributed by atoms with Crippen molar-refractivity contribution in [3.8, 4) is 0 Å². The van der Waals surface area contributed by atoms with Crippen molar-refractivity contribution >= 4 is 5.91 Å². The van der Waals surface area contributed by atoms with Gasteiger partial charge in [0.15, 0.2) is 0 Å². The molecule has 0 aromatic heterocycles. The second-order valence-corrected chi connectivity index (χ2v) is 12.5. The van der Waals surface area contributed by atoms with Gasteiger partial charge in [0.1, 0.15) is 0 Å². The van der Waals surface area contributed by atoms with Gasteiger partial charge in [0.05, 0.1) is 6.10 Å². The third-order valence-electron chi connectivity index (χ3n) is 10.6. The van der Waals surface area contributed by atoms with Crippen LogP contribution >= 0.6 is 0 Å². The van der Waals surface area contributed by atoms with Gasteiger partial charge in [0, 0.05) is 12.5 Å². The van der Waals surface area contributed by atoms with Crippen LogP contribution in [0.2, 0.25) is 0 Å². The summed E-state index contributed by atoms with van der Waals surface area (Å²) in [5.41, 5.74) is 0.829. The van der Waals surface area contributed by atoms with Crippen molar-refractivity contribution in [1.82, 2.24) is 5.32 Å². The minimum absolute atomic E-state index is 0.0818. The first-order valence-corrected chi connectivity index (χ1v) is 13.1. The topological polar surface area (TPSA) is 49.3 Å². The normalized spacial score (nSPS) is 46.6. The Bertz CT molecular complexity index is 632. The SMILES string of the molecule is CC(C)NC(=O)CC[C@H](C)[C@@H]1CC[C@@H]2[C@H]3[C@H](O)C[C@H]4CCCC[C@@]4(C)[C@@H]3CC[C@]21C. The summed E-state index contributed by atoms with van der Waals surface area (Å²) in [5, 5.41) is 14.4. The van der Waals surface area contributed by atoms with E-state index in [0.29, 0.717) is 40.9 Å². The summed E-state index contributed by atoms with van der Waals surface area (Å²) in [6, 6.07) is 0.231. The van der Waals surface area contributed by atoms with E-state index in [2.05, 4.69) is 26.1 Å². The second kappa shape index (κ2) is 8.41. The summed E-state index contributed by atoms with van der Waals surface area (Å²) >= 11 is 0. The monoisotopic (exact) mass is 417 g/mol. The molecule has 3 heteroatoms. The van der Waals surface area contributed by atoms with Gasteiger partial charge in [-0.1, -0.05) is 33.6 Å². The molecule has 2 N–H and O–H groups in total. The molecule has 4 aliphatic carbocycles. The average molecular weight is 418 g/mol. The van der Waals surface area contributed by atoms with E-state index in [1.165, 1.54) is 51.4 Å². The van der Waals surface area contributed by atoms with Gasteiger partial charge in [0.25, 0.3) is 0 Å². The molecule has 9 atom stereocenters. The van der Waals surface area contributed by atoms with Crippen molar-refractivity contribution in [1.29, 1.82) is 0 Å². The Balaban J connectivity index is 1.47. The summed E-state index contributed by atoms with van der Waals surface area (Å²) in [6.45, 7) is 11.6. The molecule has 3 nitrogen and oxygen atoms in total. The molecule has 4 saturated carbocycles. The minimum atomic E-state index is -0.0818. The predicted octanol–water partition coefficient (Wildman–Crippen LogP) is 5.95. The lowest BCUT2D eigenvalue weighted by Gasteiger charge is -2.62. The summed E-state index contributed by atoms with van der Waals surface area (Å²) in [7, 11) is 0. The van der Waals surface area contributed by atoms with Crippen LogP contribution in [0.25, 0.3) is 0 Å². The fraction of sp³-hybridized carbons (Fsp3) is 0.963. The first kappa shape index (κ1) is 22.6. The highest BCUT2D eigenvalue weighted by molar-refractivity contribution is 5.76.